The summed E-state index contributed by atoms with van der Waals surface area (Å²) < 4.78 is 11.4. The van der Waals surface area contributed by atoms with Crippen molar-refractivity contribution in [1.82, 2.24) is 15.2 Å². The summed E-state index contributed by atoms with van der Waals surface area (Å²) in [5.74, 6) is 1.08. The summed E-state index contributed by atoms with van der Waals surface area (Å²) >= 11 is 0. The highest BCUT2D eigenvalue weighted by Crippen LogP contribution is 2.38. The van der Waals surface area contributed by atoms with Crippen molar-refractivity contribution in [3.63, 3.8) is 0 Å². The first kappa shape index (κ1) is 25.2. The molecule has 188 valence electrons. The summed E-state index contributed by atoms with van der Waals surface area (Å²) in [5, 5.41) is 2.67. The number of hydrogen-bond acceptors (Lipinski definition) is 5. The van der Waals surface area contributed by atoms with E-state index >= 15 is 0 Å². The van der Waals surface area contributed by atoms with E-state index in [-0.39, 0.29) is 36.1 Å². The number of carbonyl (C=O) groups excluding carboxylic acids is 2. The molecule has 3 aromatic rings. The van der Waals surface area contributed by atoms with E-state index in [9.17, 15) is 9.59 Å². The number of aromatic nitrogens is 1. The van der Waals surface area contributed by atoms with Crippen molar-refractivity contribution in [2.24, 2.45) is 5.92 Å². The summed E-state index contributed by atoms with van der Waals surface area (Å²) in [5.41, 5.74) is 4.73. The molecule has 0 fully saturated rings. The normalized spacial score (nSPS) is 14.9. The number of aryl methyl sites for hydroxylation is 1. The Morgan fingerprint density at radius 1 is 1.25 bits per heavy atom. The Balaban J connectivity index is 1.57. The molecule has 1 aromatic heterocycles. The fourth-order valence-corrected chi connectivity index (χ4v) is 4.41. The molecule has 0 spiro atoms. The van der Waals surface area contributed by atoms with Crippen LogP contribution in [0.15, 0.2) is 65.8 Å². The molecule has 7 heteroatoms. The quantitative estimate of drug-likeness (QED) is 0.430. The molecule has 0 bridgehead atoms. The summed E-state index contributed by atoms with van der Waals surface area (Å²) in [7, 11) is 0. The van der Waals surface area contributed by atoms with E-state index in [4.69, 9.17) is 9.15 Å². The van der Waals surface area contributed by atoms with Crippen LogP contribution in [0.4, 0.5) is 0 Å². The molecule has 0 saturated carbocycles. The highest BCUT2D eigenvalue weighted by Gasteiger charge is 2.32. The number of fused-ring (bicyclic) bond motifs is 1. The number of amides is 2. The van der Waals surface area contributed by atoms with Crippen molar-refractivity contribution in [1.29, 1.82) is 0 Å². The highest BCUT2D eigenvalue weighted by molar-refractivity contribution is 5.91. The van der Waals surface area contributed by atoms with Gasteiger partial charge < -0.3 is 19.4 Å². The largest absolute Gasteiger partial charge is 0.484 e. The average Bonchev–Trinajstić information content (AvgIpc) is 3.34. The van der Waals surface area contributed by atoms with E-state index < -0.39 is 0 Å². The number of nitrogens with zero attached hydrogens (tertiary/aromatic N) is 2. The molecule has 0 unspecified atom stereocenters. The van der Waals surface area contributed by atoms with Gasteiger partial charge in [0.15, 0.2) is 12.3 Å². The minimum atomic E-state index is -0.328. The Morgan fingerprint density at radius 2 is 2.03 bits per heavy atom. The number of ether oxygens (including phenoxy) is 1. The zero-order valence-electron chi connectivity index (χ0n) is 21.1. The van der Waals surface area contributed by atoms with E-state index in [0.29, 0.717) is 31.2 Å². The molecule has 1 aliphatic heterocycles. The summed E-state index contributed by atoms with van der Waals surface area (Å²) in [6.45, 7) is 10.9. The molecule has 36 heavy (non-hydrogen) atoms. The van der Waals surface area contributed by atoms with Crippen LogP contribution in [0.5, 0.6) is 5.75 Å². The van der Waals surface area contributed by atoms with E-state index in [1.807, 2.05) is 17.0 Å². The first-order chi connectivity index (χ1) is 17.4. The van der Waals surface area contributed by atoms with Gasteiger partial charge in [-0.15, -0.1) is 6.58 Å². The SMILES string of the molecule is C=CCNC(=O)c1coc(COc2ccc3c(c2)[C@@H](c2ccc(C)cc2)N(C(=O)CC(C)C)CC3)n1. The number of oxazole rings is 1. The van der Waals surface area contributed by atoms with Gasteiger partial charge in [0, 0.05) is 19.5 Å². The average molecular weight is 488 g/mol. The Bertz CT molecular complexity index is 1230. The van der Waals surface area contributed by atoms with Crippen molar-refractivity contribution in [2.45, 2.75) is 46.3 Å². The maximum absolute atomic E-state index is 13.2. The molecule has 1 N–H and O–H groups in total. The van der Waals surface area contributed by atoms with Crippen LogP contribution in [-0.4, -0.2) is 34.8 Å². The molecule has 2 aromatic carbocycles. The lowest BCUT2D eigenvalue weighted by atomic mass is 9.87. The lowest BCUT2D eigenvalue weighted by molar-refractivity contribution is -0.134. The van der Waals surface area contributed by atoms with Crippen molar-refractivity contribution < 1.29 is 18.7 Å². The fraction of sp³-hybridized carbons (Fsp3) is 0.345. The van der Waals surface area contributed by atoms with Crippen LogP contribution in [0.3, 0.4) is 0 Å². The molecule has 1 aliphatic rings. The van der Waals surface area contributed by atoms with Gasteiger partial charge in [-0.3, -0.25) is 9.59 Å². The third-order valence-corrected chi connectivity index (χ3v) is 6.20. The van der Waals surface area contributed by atoms with Crippen molar-refractivity contribution >= 4 is 11.8 Å². The Kier molecular flexibility index (Phi) is 7.88. The van der Waals surface area contributed by atoms with Crippen LogP contribution in [0.1, 0.15) is 64.9 Å². The Labute approximate surface area is 212 Å². The van der Waals surface area contributed by atoms with Crippen LogP contribution in [-0.2, 0) is 17.8 Å². The molecule has 2 heterocycles. The van der Waals surface area contributed by atoms with Gasteiger partial charge >= 0.3 is 0 Å². The second-order valence-electron chi connectivity index (χ2n) is 9.52. The number of rotatable bonds is 9. The van der Waals surface area contributed by atoms with Gasteiger partial charge in [0.1, 0.15) is 12.0 Å². The fourth-order valence-electron chi connectivity index (χ4n) is 4.41. The summed E-state index contributed by atoms with van der Waals surface area (Å²) in [6.07, 6.45) is 4.22. The van der Waals surface area contributed by atoms with E-state index in [0.717, 1.165) is 17.5 Å². The van der Waals surface area contributed by atoms with Crippen molar-refractivity contribution in [3.05, 3.63) is 95.2 Å². The zero-order valence-corrected chi connectivity index (χ0v) is 21.1. The number of benzene rings is 2. The van der Waals surface area contributed by atoms with Gasteiger partial charge in [-0.2, -0.15) is 0 Å². The zero-order chi connectivity index (χ0) is 25.7. The lowest BCUT2D eigenvalue weighted by Gasteiger charge is -2.38. The van der Waals surface area contributed by atoms with Gasteiger partial charge in [-0.25, -0.2) is 4.98 Å². The third kappa shape index (κ3) is 5.85. The predicted molar refractivity (Wildman–Crippen MR) is 138 cm³/mol. The minimum absolute atomic E-state index is 0.0821. The van der Waals surface area contributed by atoms with E-state index in [2.05, 4.69) is 68.0 Å². The molecule has 2 amide bonds. The summed E-state index contributed by atoms with van der Waals surface area (Å²) in [6, 6.07) is 14.2. The smallest absolute Gasteiger partial charge is 0.273 e. The number of nitrogens with one attached hydrogen (secondary N) is 1. The predicted octanol–water partition coefficient (Wildman–Crippen LogP) is 5.00. The van der Waals surface area contributed by atoms with Crippen LogP contribution in [0.2, 0.25) is 0 Å². The van der Waals surface area contributed by atoms with E-state index in [1.165, 1.54) is 17.4 Å². The topological polar surface area (TPSA) is 84.7 Å². The van der Waals surface area contributed by atoms with Gasteiger partial charge in [-0.05, 0) is 48.1 Å². The van der Waals surface area contributed by atoms with Gasteiger partial charge in [0.25, 0.3) is 5.91 Å². The maximum Gasteiger partial charge on any atom is 0.273 e. The monoisotopic (exact) mass is 487 g/mol. The molecule has 0 aliphatic carbocycles. The Hall–Kier alpha value is -3.87. The molecule has 1 atom stereocenters. The third-order valence-electron chi connectivity index (χ3n) is 6.20. The number of carbonyl (C=O) groups is 2. The summed E-state index contributed by atoms with van der Waals surface area (Å²) in [4.78, 5) is 31.5. The molecule has 7 nitrogen and oxygen atoms in total. The number of hydrogen-bond donors (Lipinski definition) is 1. The Morgan fingerprint density at radius 3 is 2.75 bits per heavy atom. The standard InChI is InChI=1S/C29H33N3O4/c1-5-13-30-29(34)25-17-36-26(31-25)18-35-23-11-10-21-12-14-32(27(33)15-19(2)3)28(24(21)16-23)22-8-6-20(4)7-9-22/h5-11,16-17,19,28H,1,12-15,18H2,2-4H3,(H,30,34)/t28-/m1/s1. The maximum atomic E-state index is 13.2. The second kappa shape index (κ2) is 11.2. The highest BCUT2D eigenvalue weighted by atomic mass is 16.5. The van der Waals surface area contributed by atoms with Gasteiger partial charge in [0.2, 0.25) is 11.8 Å². The molecule has 4 rings (SSSR count). The second-order valence-corrected chi connectivity index (χ2v) is 9.52. The van der Waals surface area contributed by atoms with Crippen LogP contribution < -0.4 is 10.1 Å². The molecule has 0 saturated heterocycles. The molecule has 0 radical (unpaired) electrons. The molecular formula is C29H33N3O4. The van der Waals surface area contributed by atoms with Gasteiger partial charge in [-0.1, -0.05) is 55.8 Å². The van der Waals surface area contributed by atoms with Crippen molar-refractivity contribution in [2.75, 3.05) is 13.1 Å². The van der Waals surface area contributed by atoms with E-state index in [1.54, 1.807) is 6.08 Å². The first-order valence-electron chi connectivity index (χ1n) is 12.3. The van der Waals surface area contributed by atoms with Gasteiger partial charge in [0.05, 0.1) is 6.04 Å². The molecular weight excluding hydrogens is 454 g/mol. The van der Waals surface area contributed by atoms with Crippen LogP contribution in [0.25, 0.3) is 0 Å². The van der Waals surface area contributed by atoms with Crippen LogP contribution in [0, 0.1) is 12.8 Å². The lowest BCUT2D eigenvalue weighted by Crippen LogP contribution is -2.41. The van der Waals surface area contributed by atoms with Crippen LogP contribution >= 0.6 is 0 Å². The van der Waals surface area contributed by atoms with Crippen molar-refractivity contribution in [3.8, 4) is 5.75 Å². The minimum Gasteiger partial charge on any atom is -0.484 e. The first-order valence-corrected chi connectivity index (χ1v) is 12.3.